The van der Waals surface area contributed by atoms with E-state index in [0.717, 1.165) is 0 Å². The van der Waals surface area contributed by atoms with Gasteiger partial charge in [-0.15, -0.1) is 0 Å². The smallest absolute Gasteiger partial charge is 0.410 e. The van der Waals surface area contributed by atoms with Gasteiger partial charge in [0.1, 0.15) is 13.2 Å². The fourth-order valence-corrected chi connectivity index (χ4v) is 2.49. The number of carbonyl (C=O) groups is 3. The Morgan fingerprint density at radius 2 is 1.76 bits per heavy atom. The molecule has 2 amide bonds. The third-order valence-corrected chi connectivity index (χ3v) is 4.04. The highest BCUT2D eigenvalue weighted by Gasteiger charge is 2.38. The predicted molar refractivity (Wildman–Crippen MR) is 94.2 cm³/mol. The number of carbonyl (C=O) groups excluding carboxylic acids is 3. The number of allylic oxidation sites excluding steroid dienone is 1. The molecule has 0 unspecified atom stereocenters. The molecule has 0 aromatic carbocycles. The fourth-order valence-electron chi connectivity index (χ4n) is 2.49. The van der Waals surface area contributed by atoms with E-state index < -0.39 is 12.2 Å². The second-order valence-electron chi connectivity index (χ2n) is 5.86. The number of rotatable bonds is 7. The van der Waals surface area contributed by atoms with Gasteiger partial charge in [0.15, 0.2) is 5.78 Å². The van der Waals surface area contributed by atoms with Crippen LogP contribution in [0.4, 0.5) is 9.59 Å². The average molecular weight is 350 g/mol. The minimum atomic E-state index is -0.507. The highest BCUT2D eigenvalue weighted by atomic mass is 16.6. The molecule has 25 heavy (non-hydrogen) atoms. The van der Waals surface area contributed by atoms with E-state index in [4.69, 9.17) is 9.47 Å². The van der Waals surface area contributed by atoms with E-state index in [9.17, 15) is 14.4 Å². The van der Waals surface area contributed by atoms with Crippen molar-refractivity contribution in [1.82, 2.24) is 9.80 Å². The Morgan fingerprint density at radius 3 is 2.32 bits per heavy atom. The molecule has 0 aromatic rings. The van der Waals surface area contributed by atoms with Crippen LogP contribution in [0.5, 0.6) is 0 Å². The lowest BCUT2D eigenvalue weighted by molar-refractivity contribution is -0.113. The molecule has 1 heterocycles. The van der Waals surface area contributed by atoms with Crippen molar-refractivity contribution < 1.29 is 23.9 Å². The lowest BCUT2D eigenvalue weighted by Crippen LogP contribution is -2.41. The second kappa shape index (κ2) is 9.66. The summed E-state index contributed by atoms with van der Waals surface area (Å²) in [6.45, 7) is 10.7. The van der Waals surface area contributed by atoms with Gasteiger partial charge >= 0.3 is 12.2 Å². The van der Waals surface area contributed by atoms with Crippen LogP contribution < -0.4 is 0 Å². The first kappa shape index (κ1) is 20.5. The first-order valence-electron chi connectivity index (χ1n) is 8.05. The van der Waals surface area contributed by atoms with Gasteiger partial charge in [-0.1, -0.05) is 31.4 Å². The van der Waals surface area contributed by atoms with Gasteiger partial charge < -0.3 is 14.4 Å². The minimum absolute atomic E-state index is 0.0680. The summed E-state index contributed by atoms with van der Waals surface area (Å²) in [5.74, 6) is -0.0680. The second-order valence-corrected chi connectivity index (χ2v) is 5.86. The number of ether oxygens (including phenoxy) is 2. The molecule has 138 valence electrons. The zero-order valence-electron chi connectivity index (χ0n) is 15.1. The summed E-state index contributed by atoms with van der Waals surface area (Å²) < 4.78 is 10.1. The minimum Gasteiger partial charge on any atom is -0.445 e. The Labute approximate surface area is 148 Å². The van der Waals surface area contributed by atoms with Crippen molar-refractivity contribution in [2.24, 2.45) is 0 Å². The number of likely N-dealkylation sites (tertiary alicyclic amines) is 1. The summed E-state index contributed by atoms with van der Waals surface area (Å²) in [5.41, 5.74) is 0.559. The molecule has 0 radical (unpaired) electrons. The largest absolute Gasteiger partial charge is 0.445 e. The van der Waals surface area contributed by atoms with Crippen molar-refractivity contribution >= 4 is 18.0 Å². The molecule has 1 saturated heterocycles. The third kappa shape index (κ3) is 5.77. The van der Waals surface area contributed by atoms with Gasteiger partial charge in [-0.25, -0.2) is 9.59 Å². The number of ketones is 1. The zero-order valence-corrected chi connectivity index (χ0v) is 15.1. The number of nitrogens with zero attached hydrogens (tertiary/aromatic N) is 2. The summed E-state index contributed by atoms with van der Waals surface area (Å²) >= 11 is 0. The van der Waals surface area contributed by atoms with Crippen molar-refractivity contribution in [3.8, 4) is 0 Å². The van der Waals surface area contributed by atoms with Gasteiger partial charge in [0.2, 0.25) is 0 Å². The van der Waals surface area contributed by atoms with Gasteiger partial charge in [0.25, 0.3) is 0 Å². The van der Waals surface area contributed by atoms with Crippen molar-refractivity contribution in [2.45, 2.75) is 32.4 Å². The zero-order chi connectivity index (χ0) is 19.0. The lowest BCUT2D eigenvalue weighted by Gasteiger charge is -2.24. The van der Waals surface area contributed by atoms with E-state index in [-0.39, 0.29) is 31.1 Å². The number of hydrogen-bond donors (Lipinski definition) is 0. The van der Waals surface area contributed by atoms with E-state index in [1.54, 1.807) is 20.0 Å². The van der Waals surface area contributed by atoms with Crippen LogP contribution >= 0.6 is 0 Å². The SMILES string of the molecule is C=CCOC(=O)N(C)[C@H]1C[C@@H](/C=C(\C)C(C)=O)N(C(=O)OCC=C)C1. The quantitative estimate of drug-likeness (QED) is 0.521. The van der Waals surface area contributed by atoms with Gasteiger partial charge in [0.05, 0.1) is 12.1 Å². The summed E-state index contributed by atoms with van der Waals surface area (Å²) in [5, 5.41) is 0. The maximum atomic E-state index is 12.3. The number of Topliss-reactive ketones (excluding diaryl/α,β-unsaturated/α-hetero) is 1. The Kier molecular flexibility index (Phi) is 7.91. The summed E-state index contributed by atoms with van der Waals surface area (Å²) in [7, 11) is 1.62. The van der Waals surface area contributed by atoms with Crippen LogP contribution in [-0.4, -0.2) is 66.7 Å². The summed E-state index contributed by atoms with van der Waals surface area (Å²) in [6, 6.07) is -0.574. The summed E-state index contributed by atoms with van der Waals surface area (Å²) in [4.78, 5) is 38.8. The van der Waals surface area contributed by atoms with Crippen molar-refractivity contribution in [1.29, 1.82) is 0 Å². The molecule has 1 aliphatic rings. The van der Waals surface area contributed by atoms with Gasteiger partial charge in [-0.3, -0.25) is 9.69 Å². The molecular weight excluding hydrogens is 324 g/mol. The van der Waals surface area contributed by atoms with Crippen LogP contribution in [0.15, 0.2) is 37.0 Å². The molecule has 0 aliphatic carbocycles. The maximum absolute atomic E-state index is 12.3. The molecule has 2 atom stereocenters. The fraction of sp³-hybridized carbons (Fsp3) is 0.500. The first-order chi connectivity index (χ1) is 11.8. The van der Waals surface area contributed by atoms with Crippen LogP contribution in [0.25, 0.3) is 0 Å². The van der Waals surface area contributed by atoms with Crippen molar-refractivity contribution in [3.63, 3.8) is 0 Å². The summed E-state index contributed by atoms with van der Waals surface area (Å²) in [6.07, 6.45) is 4.20. The molecule has 0 spiro atoms. The van der Waals surface area contributed by atoms with Crippen LogP contribution in [0.2, 0.25) is 0 Å². The topological polar surface area (TPSA) is 76.2 Å². The first-order valence-corrected chi connectivity index (χ1v) is 8.05. The monoisotopic (exact) mass is 350 g/mol. The van der Waals surface area contributed by atoms with Gasteiger partial charge in [-0.2, -0.15) is 0 Å². The number of amides is 2. The molecule has 7 nitrogen and oxygen atoms in total. The van der Waals surface area contributed by atoms with Crippen LogP contribution in [0, 0.1) is 0 Å². The molecule has 1 aliphatic heterocycles. The maximum Gasteiger partial charge on any atom is 0.410 e. The Morgan fingerprint density at radius 1 is 1.16 bits per heavy atom. The highest BCUT2D eigenvalue weighted by molar-refractivity contribution is 5.92. The predicted octanol–water partition coefficient (Wildman–Crippen LogP) is 2.54. The molecule has 0 N–H and O–H groups in total. The molecule has 1 fully saturated rings. The van der Waals surface area contributed by atoms with Crippen LogP contribution in [0.3, 0.4) is 0 Å². The normalized spacial score (nSPS) is 20.0. The van der Waals surface area contributed by atoms with E-state index >= 15 is 0 Å². The van der Waals surface area contributed by atoms with Crippen LogP contribution in [0.1, 0.15) is 20.3 Å². The number of hydrogen-bond acceptors (Lipinski definition) is 5. The third-order valence-electron chi connectivity index (χ3n) is 4.04. The molecule has 0 aromatic heterocycles. The highest BCUT2D eigenvalue weighted by Crippen LogP contribution is 2.25. The standard InChI is InChI=1S/C18H26N2O5/c1-6-8-24-17(22)19(5)16-11-15(10-13(3)14(4)21)20(12-16)18(23)25-9-7-2/h6-7,10,15-16H,1-2,8-9,11-12H2,3-5H3/b13-10+/t15-,16+/m1/s1. The van der Waals surface area contributed by atoms with Crippen molar-refractivity contribution in [3.05, 3.63) is 37.0 Å². The number of likely N-dealkylation sites (N-methyl/N-ethyl adjacent to an activating group) is 1. The molecule has 0 bridgehead atoms. The van der Waals surface area contributed by atoms with Gasteiger partial charge in [-0.05, 0) is 25.8 Å². The van der Waals surface area contributed by atoms with E-state index in [1.165, 1.54) is 28.9 Å². The Bertz CT molecular complexity index is 570. The molecular formula is C18H26N2O5. The van der Waals surface area contributed by atoms with E-state index in [0.29, 0.717) is 18.5 Å². The Balaban J connectivity index is 2.92. The van der Waals surface area contributed by atoms with Crippen molar-refractivity contribution in [2.75, 3.05) is 26.8 Å². The lowest BCUT2D eigenvalue weighted by atomic mass is 10.1. The molecule has 7 heteroatoms. The van der Waals surface area contributed by atoms with Crippen LogP contribution in [-0.2, 0) is 14.3 Å². The molecule has 1 rings (SSSR count). The Hall–Kier alpha value is -2.57. The van der Waals surface area contributed by atoms with E-state index in [1.807, 2.05) is 0 Å². The molecule has 0 saturated carbocycles. The average Bonchev–Trinajstić information content (AvgIpc) is 3.00. The van der Waals surface area contributed by atoms with Gasteiger partial charge in [0, 0.05) is 13.6 Å². The van der Waals surface area contributed by atoms with E-state index in [2.05, 4.69) is 13.2 Å².